The van der Waals surface area contributed by atoms with Gasteiger partial charge in [0, 0.05) is 11.7 Å². The van der Waals surface area contributed by atoms with Gasteiger partial charge < -0.3 is 14.0 Å². The number of ether oxygens (including phenoxy) is 2. The average Bonchev–Trinajstić information content (AvgIpc) is 2.36. The molecule has 0 aliphatic rings. The monoisotopic (exact) mass is 256 g/mol. The fourth-order valence-electron chi connectivity index (χ4n) is 1.76. The summed E-state index contributed by atoms with van der Waals surface area (Å²) in [6.45, 7) is 2.11. The molecule has 1 atom stereocenters. The SMILES string of the molecule is CCCC[PH](=O)Cc1c(OC)cccc1OC. The highest BCUT2D eigenvalue weighted by molar-refractivity contribution is 7.43. The first-order chi connectivity index (χ1) is 8.22. The van der Waals surface area contributed by atoms with E-state index in [4.69, 9.17) is 9.47 Å². The number of unbranched alkanes of at least 4 members (excludes halogenated alkanes) is 1. The molecular weight excluding hydrogens is 235 g/mol. The summed E-state index contributed by atoms with van der Waals surface area (Å²) < 4.78 is 22.6. The minimum Gasteiger partial charge on any atom is -0.496 e. The predicted molar refractivity (Wildman–Crippen MR) is 72.0 cm³/mol. The van der Waals surface area contributed by atoms with Gasteiger partial charge in [0.15, 0.2) is 0 Å². The molecule has 0 aromatic heterocycles. The minimum atomic E-state index is -1.58. The molecule has 96 valence electrons. The van der Waals surface area contributed by atoms with Gasteiger partial charge in [0.25, 0.3) is 0 Å². The average molecular weight is 256 g/mol. The number of hydrogen-bond donors (Lipinski definition) is 0. The van der Waals surface area contributed by atoms with Gasteiger partial charge in [-0.1, -0.05) is 19.4 Å². The van der Waals surface area contributed by atoms with Crippen molar-refractivity contribution in [3.63, 3.8) is 0 Å². The maximum Gasteiger partial charge on any atom is 0.126 e. The van der Waals surface area contributed by atoms with Crippen molar-refractivity contribution in [3.05, 3.63) is 23.8 Å². The van der Waals surface area contributed by atoms with Crippen LogP contribution >= 0.6 is 7.80 Å². The van der Waals surface area contributed by atoms with E-state index in [0.717, 1.165) is 36.1 Å². The quantitative estimate of drug-likeness (QED) is 0.700. The molecule has 1 aromatic carbocycles. The van der Waals surface area contributed by atoms with Crippen molar-refractivity contribution in [1.82, 2.24) is 0 Å². The van der Waals surface area contributed by atoms with Gasteiger partial charge in [0.05, 0.1) is 22.0 Å². The summed E-state index contributed by atoms with van der Waals surface area (Å²) in [5.74, 6) is 1.53. The Kier molecular flexibility index (Phi) is 6.13. The Labute approximate surface area is 104 Å². The minimum absolute atomic E-state index is 0.567. The van der Waals surface area contributed by atoms with Crippen LogP contribution < -0.4 is 9.47 Å². The zero-order chi connectivity index (χ0) is 12.7. The highest BCUT2D eigenvalue weighted by atomic mass is 31.1. The topological polar surface area (TPSA) is 35.5 Å². The summed E-state index contributed by atoms with van der Waals surface area (Å²) in [6, 6.07) is 5.64. The first-order valence-corrected chi connectivity index (χ1v) is 7.76. The first-order valence-electron chi connectivity index (χ1n) is 5.94. The Morgan fingerprint density at radius 1 is 1.18 bits per heavy atom. The number of hydrogen-bond acceptors (Lipinski definition) is 3. The lowest BCUT2D eigenvalue weighted by Crippen LogP contribution is -1.95. The molecule has 4 heteroatoms. The van der Waals surface area contributed by atoms with Gasteiger partial charge in [-0.15, -0.1) is 0 Å². The summed E-state index contributed by atoms with van der Waals surface area (Å²) in [7, 11) is 1.67. The fourth-order valence-corrected chi connectivity index (χ4v) is 3.43. The molecular formula is C13H21O3P. The molecule has 0 aliphatic heterocycles. The molecule has 0 N–H and O–H groups in total. The van der Waals surface area contributed by atoms with E-state index in [-0.39, 0.29) is 0 Å². The highest BCUT2D eigenvalue weighted by Gasteiger charge is 2.12. The van der Waals surface area contributed by atoms with Crippen molar-refractivity contribution in [3.8, 4) is 11.5 Å². The largest absolute Gasteiger partial charge is 0.496 e. The molecule has 0 saturated carbocycles. The number of benzene rings is 1. The smallest absolute Gasteiger partial charge is 0.126 e. The summed E-state index contributed by atoms with van der Waals surface area (Å²) in [6.07, 6.45) is 3.48. The van der Waals surface area contributed by atoms with Crippen molar-refractivity contribution < 1.29 is 14.0 Å². The highest BCUT2D eigenvalue weighted by Crippen LogP contribution is 2.37. The van der Waals surface area contributed by atoms with Crippen LogP contribution in [0, 0.1) is 0 Å². The number of methoxy groups -OCH3 is 2. The third kappa shape index (κ3) is 4.08. The molecule has 0 heterocycles. The molecule has 0 saturated heterocycles. The second-order valence-corrected chi connectivity index (χ2v) is 5.89. The van der Waals surface area contributed by atoms with E-state index >= 15 is 0 Å². The summed E-state index contributed by atoms with van der Waals surface area (Å²) in [5, 5.41) is 0. The van der Waals surface area contributed by atoms with Crippen molar-refractivity contribution in [2.75, 3.05) is 20.4 Å². The van der Waals surface area contributed by atoms with Gasteiger partial charge in [-0.2, -0.15) is 0 Å². The Bertz CT molecular complexity index is 355. The van der Waals surface area contributed by atoms with Crippen LogP contribution in [0.25, 0.3) is 0 Å². The Morgan fingerprint density at radius 2 is 1.76 bits per heavy atom. The second-order valence-electron chi connectivity index (χ2n) is 3.96. The van der Waals surface area contributed by atoms with Gasteiger partial charge in [0.2, 0.25) is 0 Å². The molecule has 1 unspecified atom stereocenters. The van der Waals surface area contributed by atoms with Crippen molar-refractivity contribution in [2.24, 2.45) is 0 Å². The van der Waals surface area contributed by atoms with E-state index in [0.29, 0.717) is 6.16 Å². The Hall–Kier alpha value is -0.950. The Morgan fingerprint density at radius 3 is 2.24 bits per heavy atom. The van der Waals surface area contributed by atoms with Gasteiger partial charge in [-0.05, 0) is 24.7 Å². The van der Waals surface area contributed by atoms with Crippen LogP contribution in [0.2, 0.25) is 0 Å². The summed E-state index contributed by atoms with van der Waals surface area (Å²) >= 11 is 0. The maximum atomic E-state index is 12.0. The van der Waals surface area contributed by atoms with E-state index < -0.39 is 7.80 Å². The molecule has 1 rings (SSSR count). The first kappa shape index (κ1) is 14.1. The maximum absolute atomic E-state index is 12.0. The van der Waals surface area contributed by atoms with Crippen molar-refractivity contribution in [1.29, 1.82) is 0 Å². The van der Waals surface area contributed by atoms with E-state index in [2.05, 4.69) is 6.92 Å². The third-order valence-electron chi connectivity index (χ3n) is 2.71. The molecule has 0 amide bonds. The van der Waals surface area contributed by atoms with Gasteiger partial charge >= 0.3 is 0 Å². The lowest BCUT2D eigenvalue weighted by molar-refractivity contribution is 0.387. The molecule has 0 fully saturated rings. The molecule has 1 aromatic rings. The molecule has 17 heavy (non-hydrogen) atoms. The molecule has 3 nitrogen and oxygen atoms in total. The van der Waals surface area contributed by atoms with Crippen LogP contribution in [0.5, 0.6) is 11.5 Å². The van der Waals surface area contributed by atoms with Crippen molar-refractivity contribution >= 4 is 7.80 Å². The molecule has 0 bridgehead atoms. The fraction of sp³-hybridized carbons (Fsp3) is 0.538. The van der Waals surface area contributed by atoms with E-state index in [1.54, 1.807) is 14.2 Å². The summed E-state index contributed by atoms with van der Waals surface area (Å²) in [4.78, 5) is 0. The van der Waals surface area contributed by atoms with Gasteiger partial charge in [-0.25, -0.2) is 0 Å². The lowest BCUT2D eigenvalue weighted by Gasteiger charge is -2.12. The molecule has 0 aliphatic carbocycles. The number of rotatable bonds is 7. The van der Waals surface area contributed by atoms with Crippen LogP contribution in [0.4, 0.5) is 0 Å². The van der Waals surface area contributed by atoms with Crippen molar-refractivity contribution in [2.45, 2.75) is 25.9 Å². The van der Waals surface area contributed by atoms with E-state index in [9.17, 15) is 4.57 Å². The van der Waals surface area contributed by atoms with E-state index in [1.165, 1.54) is 0 Å². The van der Waals surface area contributed by atoms with E-state index in [1.807, 2.05) is 18.2 Å². The second kappa shape index (κ2) is 7.39. The normalized spacial score (nSPS) is 12.2. The van der Waals surface area contributed by atoms with Crippen LogP contribution in [-0.4, -0.2) is 20.4 Å². The van der Waals surface area contributed by atoms with Gasteiger partial charge in [0.1, 0.15) is 11.5 Å². The zero-order valence-electron chi connectivity index (χ0n) is 10.8. The molecule has 0 radical (unpaired) electrons. The molecule has 0 spiro atoms. The van der Waals surface area contributed by atoms with Crippen LogP contribution in [0.1, 0.15) is 25.3 Å². The van der Waals surface area contributed by atoms with Gasteiger partial charge in [-0.3, -0.25) is 0 Å². The Balaban J connectivity index is 2.83. The zero-order valence-corrected chi connectivity index (χ0v) is 11.8. The van der Waals surface area contributed by atoms with Crippen LogP contribution in [-0.2, 0) is 10.7 Å². The third-order valence-corrected chi connectivity index (χ3v) is 4.37. The predicted octanol–water partition coefficient (Wildman–Crippen LogP) is 3.56. The van der Waals surface area contributed by atoms with Crippen LogP contribution in [0.15, 0.2) is 18.2 Å². The standard InChI is InChI=1S/C13H21O3P/c1-4-5-9-17(14)10-11-12(15-2)7-6-8-13(11)16-3/h6-8,17H,4-5,9-10H2,1-3H3. The van der Waals surface area contributed by atoms with Crippen LogP contribution in [0.3, 0.4) is 0 Å². The lowest BCUT2D eigenvalue weighted by atomic mass is 10.2. The summed E-state index contributed by atoms with van der Waals surface area (Å²) in [5.41, 5.74) is 0.928.